The van der Waals surface area contributed by atoms with E-state index in [-0.39, 0.29) is 11.7 Å². The van der Waals surface area contributed by atoms with Crippen molar-refractivity contribution in [2.24, 2.45) is 5.92 Å². The number of aryl methyl sites for hydroxylation is 1. The molecule has 0 aliphatic heterocycles. The van der Waals surface area contributed by atoms with Gasteiger partial charge in [0.25, 0.3) is 0 Å². The molecule has 0 unspecified atom stereocenters. The Morgan fingerprint density at radius 3 is 2.41 bits per heavy atom. The van der Waals surface area contributed by atoms with Crippen molar-refractivity contribution in [1.82, 2.24) is 5.32 Å². The third-order valence-electron chi connectivity index (χ3n) is 2.73. The predicted molar refractivity (Wildman–Crippen MR) is 69.6 cm³/mol. The van der Waals surface area contributed by atoms with Gasteiger partial charge in [-0.2, -0.15) is 0 Å². The molecule has 1 rings (SSSR count). The highest BCUT2D eigenvalue weighted by atomic mass is 16.3. The number of furan rings is 1. The molecule has 0 aliphatic carbocycles. The molecule has 1 aromatic heterocycles. The molecule has 0 atom stereocenters. The van der Waals surface area contributed by atoms with E-state index in [4.69, 9.17) is 4.42 Å². The summed E-state index contributed by atoms with van der Waals surface area (Å²) in [5.74, 6) is 1.92. The van der Waals surface area contributed by atoms with Crippen molar-refractivity contribution in [2.75, 3.05) is 7.05 Å². The van der Waals surface area contributed by atoms with Crippen LogP contribution in [-0.2, 0) is 11.2 Å². The minimum atomic E-state index is 0.0822. The van der Waals surface area contributed by atoms with E-state index in [0.29, 0.717) is 0 Å². The van der Waals surface area contributed by atoms with Gasteiger partial charge in [-0.15, -0.1) is 0 Å². The fourth-order valence-electron chi connectivity index (χ4n) is 1.96. The number of hydrogen-bond acceptors (Lipinski definition) is 3. The molecule has 0 aromatic carbocycles. The smallest absolute Gasteiger partial charge is 0.158 e. The third-order valence-corrected chi connectivity index (χ3v) is 2.73. The summed E-state index contributed by atoms with van der Waals surface area (Å²) in [5, 5.41) is 3.08. The van der Waals surface area contributed by atoms with E-state index in [1.165, 1.54) is 0 Å². The van der Waals surface area contributed by atoms with Gasteiger partial charge in [0.05, 0.1) is 5.70 Å². The molecule has 17 heavy (non-hydrogen) atoms. The summed E-state index contributed by atoms with van der Waals surface area (Å²) in [5.41, 5.74) is 1.58. The van der Waals surface area contributed by atoms with Crippen molar-refractivity contribution >= 4 is 11.5 Å². The first-order valence-corrected chi connectivity index (χ1v) is 6.03. The molecule has 0 fully saturated rings. The molecule has 0 bridgehead atoms. The van der Waals surface area contributed by atoms with Gasteiger partial charge in [-0.3, -0.25) is 4.79 Å². The number of nitrogens with one attached hydrogen (secondary N) is 1. The highest BCUT2D eigenvalue weighted by Crippen LogP contribution is 2.24. The topological polar surface area (TPSA) is 42.2 Å². The fraction of sp³-hybridized carbons (Fsp3) is 0.500. The molecule has 0 amide bonds. The van der Waals surface area contributed by atoms with Crippen LogP contribution in [0.2, 0.25) is 0 Å². The second-order valence-corrected chi connectivity index (χ2v) is 4.37. The van der Waals surface area contributed by atoms with Crippen LogP contribution < -0.4 is 5.32 Å². The molecule has 94 valence electrons. The maximum Gasteiger partial charge on any atom is 0.158 e. The van der Waals surface area contributed by atoms with E-state index in [9.17, 15) is 4.79 Å². The van der Waals surface area contributed by atoms with E-state index < -0.39 is 0 Å². The lowest BCUT2D eigenvalue weighted by atomic mass is 9.96. The van der Waals surface area contributed by atoms with Crippen molar-refractivity contribution in [3.63, 3.8) is 0 Å². The first-order chi connectivity index (χ1) is 8.01. The Hall–Kier alpha value is -1.51. The zero-order valence-corrected chi connectivity index (χ0v) is 11.3. The van der Waals surface area contributed by atoms with E-state index >= 15 is 0 Å². The number of allylic oxidation sites excluding steroid dienone is 1. The highest BCUT2D eigenvalue weighted by molar-refractivity contribution is 6.00. The summed E-state index contributed by atoms with van der Waals surface area (Å²) in [6, 6.07) is 3.86. The van der Waals surface area contributed by atoms with Crippen LogP contribution in [0.3, 0.4) is 0 Å². The minimum Gasteiger partial charge on any atom is -0.460 e. The van der Waals surface area contributed by atoms with E-state index in [0.717, 1.165) is 29.2 Å². The zero-order chi connectivity index (χ0) is 13.0. The zero-order valence-electron chi connectivity index (χ0n) is 11.3. The molecule has 0 saturated carbocycles. The lowest BCUT2D eigenvalue weighted by molar-refractivity contribution is -0.114. The Morgan fingerprint density at radius 2 is 2.06 bits per heavy atom. The van der Waals surface area contributed by atoms with Gasteiger partial charge < -0.3 is 9.73 Å². The number of ketones is 1. The number of Topliss-reactive ketones (excluding diaryl/α,β-unsaturated/α-hetero) is 1. The Kier molecular flexibility index (Phi) is 4.55. The fourth-order valence-corrected chi connectivity index (χ4v) is 1.96. The van der Waals surface area contributed by atoms with E-state index in [1.54, 1.807) is 6.92 Å². The SMILES string of the molecule is CCc1ccc(/C(NC)=C(/C(C)=O)C(C)C)o1. The maximum absolute atomic E-state index is 11.7. The minimum absolute atomic E-state index is 0.0822. The van der Waals surface area contributed by atoms with Crippen LogP contribution in [0.1, 0.15) is 39.2 Å². The standard InChI is InChI=1S/C14H21NO2/c1-6-11-7-8-12(17-11)14(15-5)13(9(2)3)10(4)16/h7-9,15H,6H2,1-5H3/b14-13-. The van der Waals surface area contributed by atoms with Crippen LogP contribution in [-0.4, -0.2) is 12.8 Å². The van der Waals surface area contributed by atoms with Crippen molar-refractivity contribution in [2.45, 2.75) is 34.1 Å². The molecule has 1 aromatic rings. The van der Waals surface area contributed by atoms with E-state index in [1.807, 2.05) is 40.0 Å². The van der Waals surface area contributed by atoms with Gasteiger partial charge in [0.1, 0.15) is 5.76 Å². The molecule has 0 spiro atoms. The normalized spacial score (nSPS) is 12.6. The van der Waals surface area contributed by atoms with Crippen molar-refractivity contribution in [1.29, 1.82) is 0 Å². The van der Waals surface area contributed by atoms with Gasteiger partial charge in [0, 0.05) is 19.0 Å². The average Bonchev–Trinajstić information content (AvgIpc) is 2.72. The van der Waals surface area contributed by atoms with Gasteiger partial charge in [-0.25, -0.2) is 0 Å². The molecule has 0 saturated heterocycles. The molecule has 0 aliphatic rings. The lowest BCUT2D eigenvalue weighted by Crippen LogP contribution is -2.15. The maximum atomic E-state index is 11.7. The Balaban J connectivity index is 3.28. The van der Waals surface area contributed by atoms with Crippen LogP contribution >= 0.6 is 0 Å². The van der Waals surface area contributed by atoms with Crippen LogP contribution in [0.25, 0.3) is 5.70 Å². The molecule has 3 nitrogen and oxygen atoms in total. The summed E-state index contributed by atoms with van der Waals surface area (Å²) < 4.78 is 5.69. The van der Waals surface area contributed by atoms with Crippen LogP contribution in [0, 0.1) is 5.92 Å². The average molecular weight is 235 g/mol. The molecule has 1 heterocycles. The molecule has 3 heteroatoms. The number of carbonyl (C=O) groups is 1. The Labute approximate surface area is 103 Å². The quantitative estimate of drug-likeness (QED) is 0.798. The molecular formula is C14H21NO2. The highest BCUT2D eigenvalue weighted by Gasteiger charge is 2.18. The molecular weight excluding hydrogens is 214 g/mol. The largest absolute Gasteiger partial charge is 0.460 e. The van der Waals surface area contributed by atoms with Crippen molar-refractivity contribution < 1.29 is 9.21 Å². The van der Waals surface area contributed by atoms with E-state index in [2.05, 4.69) is 5.32 Å². The van der Waals surface area contributed by atoms with Gasteiger partial charge in [-0.05, 0) is 25.0 Å². The number of hydrogen-bond donors (Lipinski definition) is 1. The summed E-state index contributed by atoms with van der Waals surface area (Å²) in [7, 11) is 1.81. The molecule has 0 radical (unpaired) electrons. The third kappa shape index (κ3) is 2.99. The van der Waals surface area contributed by atoms with Crippen molar-refractivity contribution in [3.05, 3.63) is 29.2 Å². The monoisotopic (exact) mass is 235 g/mol. The van der Waals surface area contributed by atoms with Gasteiger partial charge in [0.15, 0.2) is 11.5 Å². The van der Waals surface area contributed by atoms with Crippen LogP contribution in [0.5, 0.6) is 0 Å². The van der Waals surface area contributed by atoms with Crippen LogP contribution in [0.4, 0.5) is 0 Å². The van der Waals surface area contributed by atoms with Gasteiger partial charge in [0.2, 0.25) is 0 Å². The second-order valence-electron chi connectivity index (χ2n) is 4.37. The van der Waals surface area contributed by atoms with Gasteiger partial charge >= 0.3 is 0 Å². The number of rotatable bonds is 5. The summed E-state index contributed by atoms with van der Waals surface area (Å²) in [4.78, 5) is 11.7. The van der Waals surface area contributed by atoms with Gasteiger partial charge in [-0.1, -0.05) is 20.8 Å². The Bertz CT molecular complexity index is 427. The summed E-state index contributed by atoms with van der Waals surface area (Å²) >= 11 is 0. The predicted octanol–water partition coefficient (Wildman–Crippen LogP) is 3.02. The lowest BCUT2D eigenvalue weighted by Gasteiger charge is -2.14. The second kappa shape index (κ2) is 5.71. The Morgan fingerprint density at radius 1 is 1.41 bits per heavy atom. The summed E-state index contributed by atoms with van der Waals surface area (Å²) in [6.45, 7) is 7.66. The van der Waals surface area contributed by atoms with Crippen LogP contribution in [0.15, 0.2) is 22.1 Å². The molecule has 1 N–H and O–H groups in total. The van der Waals surface area contributed by atoms with Crippen molar-refractivity contribution in [3.8, 4) is 0 Å². The number of carbonyl (C=O) groups excluding carboxylic acids is 1. The summed E-state index contributed by atoms with van der Waals surface area (Å²) in [6.07, 6.45) is 0.855. The first-order valence-electron chi connectivity index (χ1n) is 6.03. The first kappa shape index (κ1) is 13.6.